The Morgan fingerprint density at radius 1 is 1.53 bits per heavy atom. The highest BCUT2D eigenvalue weighted by Gasteiger charge is 2.34. The number of hydrogen-bond acceptors (Lipinski definition) is 2. The van der Waals surface area contributed by atoms with Crippen molar-refractivity contribution in [3.8, 4) is 5.75 Å². The molecule has 0 aromatic heterocycles. The van der Waals surface area contributed by atoms with E-state index in [-0.39, 0.29) is 11.9 Å². The molecule has 0 bridgehead atoms. The second-order valence-corrected chi connectivity index (χ2v) is 5.84. The topological polar surface area (TPSA) is 29.5 Å². The molecule has 0 N–H and O–H groups in total. The third-order valence-electron chi connectivity index (χ3n) is 3.89. The zero-order chi connectivity index (χ0) is 14.0. The maximum Gasteiger partial charge on any atom is 0.257 e. The normalized spacial score (nSPS) is 22.6. The number of carbonyl (C=O) groups excluding carboxylic acids is 1. The van der Waals surface area contributed by atoms with Gasteiger partial charge in [0.15, 0.2) is 0 Å². The first-order valence-corrected chi connectivity index (χ1v) is 7.72. The number of alkyl halides is 1. The summed E-state index contributed by atoms with van der Waals surface area (Å²) in [5, 5.41) is 0.827. The predicted octanol–water partition coefficient (Wildman–Crippen LogP) is 3.25. The number of hydrogen-bond donors (Lipinski definition) is 0. The van der Waals surface area contributed by atoms with Gasteiger partial charge in [-0.05, 0) is 31.4 Å². The van der Waals surface area contributed by atoms with Gasteiger partial charge in [0.1, 0.15) is 5.75 Å². The number of ether oxygens (including phenoxy) is 1. The third kappa shape index (κ3) is 2.78. The Labute approximate surface area is 123 Å². The van der Waals surface area contributed by atoms with Crippen LogP contribution in [0.25, 0.3) is 0 Å². The molecule has 2 rings (SSSR count). The molecule has 104 valence electrons. The monoisotopic (exact) mass is 325 g/mol. The van der Waals surface area contributed by atoms with Crippen LogP contribution in [0.4, 0.5) is 0 Å². The fourth-order valence-corrected chi connectivity index (χ4v) is 3.63. The minimum Gasteiger partial charge on any atom is -0.496 e. The number of amides is 1. The zero-order valence-electron chi connectivity index (χ0n) is 11.6. The highest BCUT2D eigenvalue weighted by Crippen LogP contribution is 2.29. The van der Waals surface area contributed by atoms with E-state index in [4.69, 9.17) is 4.74 Å². The zero-order valence-corrected chi connectivity index (χ0v) is 13.2. The Morgan fingerprint density at radius 3 is 2.89 bits per heavy atom. The molecule has 1 aliphatic rings. The van der Waals surface area contributed by atoms with Crippen molar-refractivity contribution in [2.75, 3.05) is 19.0 Å². The van der Waals surface area contributed by atoms with Gasteiger partial charge >= 0.3 is 0 Å². The first-order valence-electron chi connectivity index (χ1n) is 6.60. The highest BCUT2D eigenvalue weighted by atomic mass is 79.9. The lowest BCUT2D eigenvalue weighted by Gasteiger charge is -2.26. The minimum absolute atomic E-state index is 0.0781. The number of aryl methyl sites for hydroxylation is 1. The van der Waals surface area contributed by atoms with Crippen LogP contribution >= 0.6 is 15.9 Å². The molecule has 0 aliphatic carbocycles. The summed E-state index contributed by atoms with van der Waals surface area (Å²) < 4.78 is 5.32. The summed E-state index contributed by atoms with van der Waals surface area (Å²) in [6.45, 7) is 5.02. The second-order valence-electron chi connectivity index (χ2n) is 5.19. The van der Waals surface area contributed by atoms with Crippen molar-refractivity contribution < 1.29 is 9.53 Å². The van der Waals surface area contributed by atoms with Crippen LogP contribution in [0.5, 0.6) is 5.75 Å². The van der Waals surface area contributed by atoms with Gasteiger partial charge in [0.2, 0.25) is 0 Å². The lowest BCUT2D eigenvalue weighted by molar-refractivity contribution is 0.0735. The molecule has 3 nitrogen and oxygen atoms in total. The van der Waals surface area contributed by atoms with Gasteiger partial charge in [-0.3, -0.25) is 4.79 Å². The average molecular weight is 326 g/mol. The van der Waals surface area contributed by atoms with Crippen LogP contribution in [-0.4, -0.2) is 35.8 Å². The molecule has 1 aromatic rings. The van der Waals surface area contributed by atoms with Crippen molar-refractivity contribution in [3.05, 3.63) is 29.3 Å². The number of methoxy groups -OCH3 is 1. The van der Waals surface area contributed by atoms with Gasteiger partial charge in [0.05, 0.1) is 12.7 Å². The fourth-order valence-electron chi connectivity index (χ4n) is 2.64. The van der Waals surface area contributed by atoms with Crippen LogP contribution in [-0.2, 0) is 0 Å². The van der Waals surface area contributed by atoms with Gasteiger partial charge in [-0.1, -0.05) is 34.5 Å². The molecule has 1 amide bonds. The van der Waals surface area contributed by atoms with Crippen LogP contribution < -0.4 is 4.74 Å². The summed E-state index contributed by atoms with van der Waals surface area (Å²) in [5.41, 5.74) is 1.74. The van der Waals surface area contributed by atoms with Gasteiger partial charge < -0.3 is 9.64 Å². The fraction of sp³-hybridized carbons (Fsp3) is 0.533. The number of nitrogens with zero attached hydrogens (tertiary/aromatic N) is 1. The quantitative estimate of drug-likeness (QED) is 0.798. The lowest BCUT2D eigenvalue weighted by Crippen LogP contribution is -2.38. The number of carbonyl (C=O) groups is 1. The summed E-state index contributed by atoms with van der Waals surface area (Å²) in [7, 11) is 1.61. The van der Waals surface area contributed by atoms with Gasteiger partial charge in [0.25, 0.3) is 5.91 Å². The first-order chi connectivity index (χ1) is 9.08. The van der Waals surface area contributed by atoms with E-state index in [2.05, 4.69) is 22.9 Å². The van der Waals surface area contributed by atoms with Crippen LogP contribution in [0.3, 0.4) is 0 Å². The Balaban J connectivity index is 2.31. The van der Waals surface area contributed by atoms with E-state index in [9.17, 15) is 4.79 Å². The molecule has 2 unspecified atom stereocenters. The lowest BCUT2D eigenvalue weighted by atomic mass is 10.0. The first kappa shape index (κ1) is 14.4. The van der Waals surface area contributed by atoms with Crippen molar-refractivity contribution in [2.24, 2.45) is 5.92 Å². The van der Waals surface area contributed by atoms with Crippen LogP contribution in [0, 0.1) is 12.8 Å². The van der Waals surface area contributed by atoms with E-state index in [0.717, 1.165) is 23.9 Å². The molecular formula is C15H20BrNO2. The Kier molecular flexibility index (Phi) is 4.50. The summed E-state index contributed by atoms with van der Waals surface area (Å²) in [6.07, 6.45) is 1.07. The molecule has 1 aliphatic heterocycles. The molecule has 0 spiro atoms. The molecule has 0 radical (unpaired) electrons. The SMILES string of the molecule is COc1ccc(C)cc1C(=O)N1CCC(C)C1CBr. The number of halogens is 1. The predicted molar refractivity (Wildman–Crippen MR) is 80.1 cm³/mol. The molecule has 1 fully saturated rings. The molecular weight excluding hydrogens is 306 g/mol. The smallest absolute Gasteiger partial charge is 0.257 e. The van der Waals surface area contributed by atoms with Gasteiger partial charge in [-0.15, -0.1) is 0 Å². The van der Waals surface area contributed by atoms with Crippen LogP contribution in [0.1, 0.15) is 29.3 Å². The second kappa shape index (κ2) is 5.95. The van der Waals surface area contributed by atoms with E-state index in [1.54, 1.807) is 7.11 Å². The molecule has 19 heavy (non-hydrogen) atoms. The standard InChI is InChI=1S/C15H20BrNO2/c1-10-4-5-14(19-3)12(8-10)15(18)17-7-6-11(2)13(17)9-16/h4-5,8,11,13H,6-7,9H2,1-3H3. The maximum absolute atomic E-state index is 12.7. The number of benzene rings is 1. The van der Waals surface area contributed by atoms with Gasteiger partial charge in [-0.25, -0.2) is 0 Å². The van der Waals surface area contributed by atoms with E-state index in [1.807, 2.05) is 30.0 Å². The van der Waals surface area contributed by atoms with Crippen molar-refractivity contribution in [1.82, 2.24) is 4.90 Å². The summed E-state index contributed by atoms with van der Waals surface area (Å²) >= 11 is 3.52. The number of likely N-dealkylation sites (tertiary alicyclic amines) is 1. The molecule has 0 saturated carbocycles. The molecule has 1 aromatic carbocycles. The Bertz CT molecular complexity index is 475. The maximum atomic E-state index is 12.7. The van der Waals surface area contributed by atoms with Crippen molar-refractivity contribution in [1.29, 1.82) is 0 Å². The summed E-state index contributed by atoms with van der Waals surface area (Å²) in [6, 6.07) is 6.02. The molecule has 1 saturated heterocycles. The van der Waals surface area contributed by atoms with Gasteiger partial charge in [0, 0.05) is 17.9 Å². The molecule has 1 heterocycles. The van der Waals surface area contributed by atoms with Crippen LogP contribution in [0.15, 0.2) is 18.2 Å². The van der Waals surface area contributed by atoms with Gasteiger partial charge in [-0.2, -0.15) is 0 Å². The largest absolute Gasteiger partial charge is 0.496 e. The van der Waals surface area contributed by atoms with Crippen molar-refractivity contribution >= 4 is 21.8 Å². The minimum atomic E-state index is 0.0781. The third-order valence-corrected chi connectivity index (χ3v) is 4.55. The van der Waals surface area contributed by atoms with Crippen molar-refractivity contribution in [3.63, 3.8) is 0 Å². The average Bonchev–Trinajstić information content (AvgIpc) is 2.78. The van der Waals surface area contributed by atoms with Crippen LogP contribution in [0.2, 0.25) is 0 Å². The van der Waals surface area contributed by atoms with E-state index in [0.29, 0.717) is 17.2 Å². The highest BCUT2D eigenvalue weighted by molar-refractivity contribution is 9.09. The summed E-state index contributed by atoms with van der Waals surface area (Å²) in [4.78, 5) is 14.7. The molecule has 2 atom stereocenters. The Hall–Kier alpha value is -1.03. The Morgan fingerprint density at radius 2 is 2.26 bits per heavy atom. The van der Waals surface area contributed by atoms with E-state index >= 15 is 0 Å². The van der Waals surface area contributed by atoms with E-state index < -0.39 is 0 Å². The number of rotatable bonds is 3. The molecule has 4 heteroatoms. The summed E-state index contributed by atoms with van der Waals surface area (Å²) in [5.74, 6) is 1.27. The van der Waals surface area contributed by atoms with E-state index in [1.165, 1.54) is 0 Å². The van der Waals surface area contributed by atoms with Crippen molar-refractivity contribution in [2.45, 2.75) is 26.3 Å².